The van der Waals surface area contributed by atoms with Crippen molar-refractivity contribution in [2.45, 2.75) is 26.3 Å². The molecule has 0 spiro atoms. The lowest BCUT2D eigenvalue weighted by molar-refractivity contribution is 0.171. The maximum atomic E-state index is 5.83. The smallest absolute Gasteiger partial charge is 0.161 e. The Hall–Kier alpha value is -2.11. The Morgan fingerprint density at radius 3 is 2.41 bits per heavy atom. The first-order valence-electron chi connectivity index (χ1n) is 9.35. The standard InChI is InChI=1S/C21H25NO4.ClH/c1-3-23-19-11-14-7-8-22-21(16(14)13-20(19)24-4-2)15-5-6-17-18(12-15)26-10-9-25-17;/h5-6,11-13,21-22H,3-4,7-10H2,1-2H3;1H. The van der Waals surface area contributed by atoms with E-state index in [1.807, 2.05) is 19.9 Å². The van der Waals surface area contributed by atoms with E-state index in [-0.39, 0.29) is 18.4 Å². The van der Waals surface area contributed by atoms with Gasteiger partial charge in [-0.05, 0) is 61.2 Å². The van der Waals surface area contributed by atoms with Crippen LogP contribution in [-0.2, 0) is 6.42 Å². The van der Waals surface area contributed by atoms with Gasteiger partial charge in [-0.2, -0.15) is 0 Å². The summed E-state index contributed by atoms with van der Waals surface area (Å²) < 4.78 is 23.0. The molecule has 0 radical (unpaired) electrons. The normalized spacial score (nSPS) is 17.5. The van der Waals surface area contributed by atoms with Crippen molar-refractivity contribution in [1.29, 1.82) is 0 Å². The van der Waals surface area contributed by atoms with E-state index in [4.69, 9.17) is 18.9 Å². The second kappa shape index (κ2) is 8.72. The summed E-state index contributed by atoms with van der Waals surface area (Å²) in [5.74, 6) is 3.27. The summed E-state index contributed by atoms with van der Waals surface area (Å²) in [6.07, 6.45) is 0.975. The van der Waals surface area contributed by atoms with Crippen LogP contribution in [0.15, 0.2) is 30.3 Å². The van der Waals surface area contributed by atoms with Gasteiger partial charge in [-0.1, -0.05) is 6.07 Å². The highest BCUT2D eigenvalue weighted by Crippen LogP contribution is 2.40. The lowest BCUT2D eigenvalue weighted by atomic mass is 9.89. The molecule has 0 fully saturated rings. The molecule has 0 amide bonds. The average Bonchev–Trinajstić information content (AvgIpc) is 2.68. The van der Waals surface area contributed by atoms with E-state index in [2.05, 4.69) is 29.6 Å². The maximum absolute atomic E-state index is 5.83. The summed E-state index contributed by atoms with van der Waals surface area (Å²) in [6, 6.07) is 10.5. The molecule has 146 valence electrons. The Morgan fingerprint density at radius 1 is 0.963 bits per heavy atom. The Morgan fingerprint density at radius 2 is 1.67 bits per heavy atom. The molecule has 0 saturated carbocycles. The van der Waals surface area contributed by atoms with Gasteiger partial charge in [0.05, 0.1) is 19.3 Å². The van der Waals surface area contributed by atoms with E-state index in [1.165, 1.54) is 16.7 Å². The van der Waals surface area contributed by atoms with Crippen LogP contribution < -0.4 is 24.3 Å². The quantitative estimate of drug-likeness (QED) is 0.837. The zero-order chi connectivity index (χ0) is 17.9. The van der Waals surface area contributed by atoms with Gasteiger partial charge in [0, 0.05) is 6.54 Å². The van der Waals surface area contributed by atoms with Crippen LogP contribution in [-0.4, -0.2) is 33.0 Å². The average molecular weight is 392 g/mol. The number of hydrogen-bond donors (Lipinski definition) is 1. The van der Waals surface area contributed by atoms with Crippen LogP contribution in [0.2, 0.25) is 0 Å². The molecule has 1 unspecified atom stereocenters. The summed E-state index contributed by atoms with van der Waals surface area (Å²) in [5, 5.41) is 3.63. The van der Waals surface area contributed by atoms with Crippen LogP contribution >= 0.6 is 12.4 Å². The second-order valence-electron chi connectivity index (χ2n) is 6.40. The number of nitrogens with one attached hydrogen (secondary N) is 1. The van der Waals surface area contributed by atoms with Crippen LogP contribution in [0.25, 0.3) is 0 Å². The number of halogens is 1. The number of hydrogen-bond acceptors (Lipinski definition) is 5. The van der Waals surface area contributed by atoms with Crippen LogP contribution in [0.3, 0.4) is 0 Å². The predicted molar refractivity (Wildman–Crippen MR) is 107 cm³/mol. The molecule has 2 aromatic carbocycles. The highest BCUT2D eigenvalue weighted by atomic mass is 35.5. The fourth-order valence-electron chi connectivity index (χ4n) is 3.64. The van der Waals surface area contributed by atoms with Crippen LogP contribution in [0, 0.1) is 0 Å². The van der Waals surface area contributed by atoms with E-state index in [0.29, 0.717) is 26.4 Å². The number of fused-ring (bicyclic) bond motifs is 2. The molecular formula is C21H26ClNO4. The summed E-state index contributed by atoms with van der Waals surface area (Å²) >= 11 is 0. The molecule has 0 aliphatic carbocycles. The highest BCUT2D eigenvalue weighted by molar-refractivity contribution is 5.85. The van der Waals surface area contributed by atoms with Gasteiger partial charge >= 0.3 is 0 Å². The Bertz CT molecular complexity index is 796. The number of benzene rings is 2. The zero-order valence-corrected chi connectivity index (χ0v) is 16.6. The monoisotopic (exact) mass is 391 g/mol. The van der Waals surface area contributed by atoms with E-state index >= 15 is 0 Å². The predicted octanol–water partition coefficient (Wildman–Crippen LogP) is 3.91. The van der Waals surface area contributed by atoms with Crippen molar-refractivity contribution in [2.24, 2.45) is 0 Å². The molecule has 1 N–H and O–H groups in total. The van der Waals surface area contributed by atoms with Gasteiger partial charge in [0.2, 0.25) is 0 Å². The minimum Gasteiger partial charge on any atom is -0.490 e. The van der Waals surface area contributed by atoms with E-state index in [1.54, 1.807) is 0 Å². The van der Waals surface area contributed by atoms with Gasteiger partial charge < -0.3 is 24.3 Å². The molecule has 1 atom stereocenters. The third kappa shape index (κ3) is 3.94. The van der Waals surface area contributed by atoms with Gasteiger partial charge in [-0.25, -0.2) is 0 Å². The molecule has 2 aromatic rings. The molecule has 0 aromatic heterocycles. The third-order valence-electron chi connectivity index (χ3n) is 4.76. The van der Waals surface area contributed by atoms with Crippen molar-refractivity contribution in [3.63, 3.8) is 0 Å². The largest absolute Gasteiger partial charge is 0.490 e. The van der Waals surface area contributed by atoms with Crippen molar-refractivity contribution in [2.75, 3.05) is 33.0 Å². The first-order chi connectivity index (χ1) is 12.8. The van der Waals surface area contributed by atoms with Crippen molar-refractivity contribution < 1.29 is 18.9 Å². The van der Waals surface area contributed by atoms with Crippen LogP contribution in [0.5, 0.6) is 23.0 Å². The zero-order valence-electron chi connectivity index (χ0n) is 15.7. The summed E-state index contributed by atoms with van der Waals surface area (Å²) in [4.78, 5) is 0. The van der Waals surface area contributed by atoms with E-state index in [0.717, 1.165) is 36.0 Å². The van der Waals surface area contributed by atoms with Gasteiger partial charge in [0.1, 0.15) is 13.2 Å². The van der Waals surface area contributed by atoms with Gasteiger partial charge in [-0.3, -0.25) is 0 Å². The van der Waals surface area contributed by atoms with Gasteiger partial charge in [0.25, 0.3) is 0 Å². The van der Waals surface area contributed by atoms with Crippen molar-refractivity contribution >= 4 is 12.4 Å². The third-order valence-corrected chi connectivity index (χ3v) is 4.76. The second-order valence-corrected chi connectivity index (χ2v) is 6.40. The van der Waals surface area contributed by atoms with Crippen LogP contribution in [0.4, 0.5) is 0 Å². The molecular weight excluding hydrogens is 366 g/mol. The summed E-state index contributed by atoms with van der Waals surface area (Å²) in [6.45, 7) is 7.35. The van der Waals surface area contributed by atoms with E-state index < -0.39 is 0 Å². The molecule has 4 rings (SSSR count). The highest BCUT2D eigenvalue weighted by Gasteiger charge is 2.25. The maximum Gasteiger partial charge on any atom is 0.161 e. The van der Waals surface area contributed by atoms with Gasteiger partial charge in [0.15, 0.2) is 23.0 Å². The Kier molecular flexibility index (Phi) is 6.34. The summed E-state index contributed by atoms with van der Waals surface area (Å²) in [5.41, 5.74) is 3.71. The molecule has 0 bridgehead atoms. The molecule has 27 heavy (non-hydrogen) atoms. The molecule has 0 saturated heterocycles. The fourth-order valence-corrected chi connectivity index (χ4v) is 3.64. The van der Waals surface area contributed by atoms with E-state index in [9.17, 15) is 0 Å². The molecule has 2 aliphatic rings. The Balaban J connectivity index is 0.00000210. The molecule has 5 nitrogen and oxygen atoms in total. The number of rotatable bonds is 5. The number of ether oxygens (including phenoxy) is 4. The Labute approximate surface area is 166 Å². The first kappa shape index (κ1) is 19.6. The first-order valence-corrected chi connectivity index (χ1v) is 9.35. The van der Waals surface area contributed by atoms with Gasteiger partial charge in [-0.15, -0.1) is 12.4 Å². The minimum atomic E-state index is 0. The topological polar surface area (TPSA) is 49.0 Å². The van der Waals surface area contributed by atoms with Crippen molar-refractivity contribution in [3.05, 3.63) is 47.0 Å². The molecule has 2 heterocycles. The lowest BCUT2D eigenvalue weighted by Gasteiger charge is -2.29. The minimum absolute atomic E-state index is 0. The fraction of sp³-hybridized carbons (Fsp3) is 0.429. The molecule has 6 heteroatoms. The summed E-state index contributed by atoms with van der Waals surface area (Å²) in [7, 11) is 0. The SMILES string of the molecule is CCOc1cc2c(cc1OCC)C(c1ccc3c(c1)OCCO3)NCC2.Cl. The lowest BCUT2D eigenvalue weighted by Crippen LogP contribution is -2.31. The molecule has 2 aliphatic heterocycles. The van der Waals surface area contributed by atoms with Crippen molar-refractivity contribution in [3.8, 4) is 23.0 Å². The van der Waals surface area contributed by atoms with Crippen molar-refractivity contribution in [1.82, 2.24) is 5.32 Å². The van der Waals surface area contributed by atoms with Crippen LogP contribution in [0.1, 0.15) is 36.6 Å².